The molecule has 0 unspecified atom stereocenters. The van der Waals surface area contributed by atoms with Crippen molar-refractivity contribution < 1.29 is 16.8 Å². The summed E-state index contributed by atoms with van der Waals surface area (Å²) in [6.45, 7) is 1.71. The molecular weight excluding hydrogens is 284 g/mol. The van der Waals surface area contributed by atoms with Gasteiger partial charge in [0.15, 0.2) is 0 Å². The average Bonchev–Trinajstić information content (AvgIpc) is 2.63. The van der Waals surface area contributed by atoms with E-state index < -0.39 is 25.8 Å². The Morgan fingerprint density at radius 1 is 1.29 bits per heavy atom. The molecule has 9 heteroatoms. The van der Waals surface area contributed by atoms with Gasteiger partial charge in [0.05, 0.1) is 5.75 Å². The molecule has 3 N–H and O–H groups in total. The molecule has 1 aromatic heterocycles. The number of primary sulfonamides is 1. The van der Waals surface area contributed by atoms with Crippen molar-refractivity contribution in [1.29, 1.82) is 0 Å². The summed E-state index contributed by atoms with van der Waals surface area (Å²) in [5.41, 5.74) is 0. The van der Waals surface area contributed by atoms with E-state index in [9.17, 15) is 16.8 Å². The molecule has 1 heterocycles. The van der Waals surface area contributed by atoms with E-state index in [1.54, 1.807) is 6.07 Å². The largest absolute Gasteiger partial charge is 0.250 e. The predicted molar refractivity (Wildman–Crippen MR) is 66.9 cm³/mol. The number of hydrogen-bond acceptors (Lipinski definition) is 5. The molecule has 0 bridgehead atoms. The van der Waals surface area contributed by atoms with Gasteiger partial charge in [-0.15, -0.1) is 11.3 Å². The molecular formula is C8H14N2O4S3. The Balaban J connectivity index is 2.69. The van der Waals surface area contributed by atoms with Crippen LogP contribution >= 0.6 is 11.3 Å². The Morgan fingerprint density at radius 3 is 2.41 bits per heavy atom. The fraction of sp³-hybridized carbons (Fsp3) is 0.500. The summed E-state index contributed by atoms with van der Waals surface area (Å²) in [5.74, 6) is -0.418. The Hall–Kier alpha value is -0.480. The lowest BCUT2D eigenvalue weighted by molar-refractivity contribution is 0.583. The van der Waals surface area contributed by atoms with E-state index in [2.05, 4.69) is 4.72 Å². The van der Waals surface area contributed by atoms with Gasteiger partial charge in [-0.05, 0) is 18.6 Å². The zero-order valence-electron chi connectivity index (χ0n) is 9.21. The molecule has 0 spiro atoms. The SMILES string of the molecule is CCc1ccc(S(=O)(=O)NCCS(N)(=O)=O)s1. The minimum absolute atomic E-state index is 0.184. The molecule has 98 valence electrons. The van der Waals surface area contributed by atoms with Gasteiger partial charge in [0.25, 0.3) is 0 Å². The van der Waals surface area contributed by atoms with Gasteiger partial charge in [-0.1, -0.05) is 6.92 Å². The molecule has 0 aromatic carbocycles. The van der Waals surface area contributed by atoms with Gasteiger partial charge in [-0.2, -0.15) is 0 Å². The van der Waals surface area contributed by atoms with Crippen molar-refractivity contribution in [3.63, 3.8) is 0 Å². The second-order valence-electron chi connectivity index (χ2n) is 3.34. The van der Waals surface area contributed by atoms with Crippen molar-refractivity contribution in [3.8, 4) is 0 Å². The molecule has 0 amide bonds. The first-order valence-corrected chi connectivity index (χ1v) is 8.85. The van der Waals surface area contributed by atoms with Gasteiger partial charge in [0, 0.05) is 11.4 Å². The van der Waals surface area contributed by atoms with Gasteiger partial charge in [-0.25, -0.2) is 26.7 Å². The van der Waals surface area contributed by atoms with Crippen molar-refractivity contribution in [3.05, 3.63) is 17.0 Å². The highest BCUT2D eigenvalue weighted by molar-refractivity contribution is 7.91. The minimum Gasteiger partial charge on any atom is -0.229 e. The molecule has 0 aliphatic rings. The molecule has 0 radical (unpaired) electrons. The van der Waals surface area contributed by atoms with Crippen molar-refractivity contribution in [2.45, 2.75) is 17.6 Å². The maximum atomic E-state index is 11.7. The first-order valence-electron chi connectivity index (χ1n) is 4.83. The van der Waals surface area contributed by atoms with Crippen LogP contribution < -0.4 is 9.86 Å². The molecule has 1 aromatic rings. The van der Waals surface area contributed by atoms with Gasteiger partial charge in [0.1, 0.15) is 4.21 Å². The second kappa shape index (κ2) is 5.44. The number of thiophene rings is 1. The van der Waals surface area contributed by atoms with Crippen molar-refractivity contribution >= 4 is 31.4 Å². The van der Waals surface area contributed by atoms with E-state index in [1.165, 1.54) is 17.4 Å². The summed E-state index contributed by atoms with van der Waals surface area (Å²) >= 11 is 1.17. The maximum absolute atomic E-state index is 11.7. The fourth-order valence-corrected chi connectivity index (χ4v) is 3.97. The van der Waals surface area contributed by atoms with Crippen LogP contribution in [0.2, 0.25) is 0 Å². The van der Waals surface area contributed by atoms with Gasteiger partial charge < -0.3 is 0 Å². The Kier molecular flexibility index (Phi) is 4.67. The summed E-state index contributed by atoms with van der Waals surface area (Å²) in [4.78, 5) is 0.955. The Labute approximate surface area is 105 Å². The molecule has 0 aliphatic carbocycles. The van der Waals surface area contributed by atoms with Crippen LogP contribution in [0.15, 0.2) is 16.3 Å². The zero-order valence-corrected chi connectivity index (χ0v) is 11.7. The monoisotopic (exact) mass is 298 g/mol. The third-order valence-electron chi connectivity index (χ3n) is 1.93. The quantitative estimate of drug-likeness (QED) is 0.763. The zero-order chi connectivity index (χ0) is 13.1. The van der Waals surface area contributed by atoms with E-state index >= 15 is 0 Å². The van der Waals surface area contributed by atoms with E-state index in [0.717, 1.165) is 11.3 Å². The normalized spacial score (nSPS) is 12.8. The molecule has 1 rings (SSSR count). The Bertz CT molecular complexity index is 574. The minimum atomic E-state index is -3.65. The van der Waals surface area contributed by atoms with E-state index in [0.29, 0.717) is 0 Å². The summed E-state index contributed by atoms with van der Waals surface area (Å²) < 4.78 is 47.1. The topological polar surface area (TPSA) is 106 Å². The second-order valence-corrected chi connectivity index (χ2v) is 8.24. The van der Waals surface area contributed by atoms with Crippen molar-refractivity contribution in [1.82, 2.24) is 4.72 Å². The predicted octanol–water partition coefficient (Wildman–Crippen LogP) is -0.123. The van der Waals surface area contributed by atoms with Gasteiger partial charge >= 0.3 is 0 Å². The number of sulfonamides is 2. The average molecular weight is 298 g/mol. The van der Waals surface area contributed by atoms with Crippen LogP contribution in [0.1, 0.15) is 11.8 Å². The molecule has 0 saturated carbocycles. The highest BCUT2D eigenvalue weighted by Gasteiger charge is 2.16. The van der Waals surface area contributed by atoms with E-state index in [4.69, 9.17) is 5.14 Å². The summed E-state index contributed by atoms with van der Waals surface area (Å²) in [5, 5.41) is 4.77. The third kappa shape index (κ3) is 4.72. The van der Waals surface area contributed by atoms with Gasteiger partial charge in [-0.3, -0.25) is 0 Å². The van der Waals surface area contributed by atoms with Crippen molar-refractivity contribution in [2.75, 3.05) is 12.3 Å². The Morgan fingerprint density at radius 2 is 1.94 bits per heavy atom. The fourth-order valence-electron chi connectivity index (χ4n) is 1.08. The molecule has 6 nitrogen and oxygen atoms in total. The van der Waals surface area contributed by atoms with Gasteiger partial charge in [0.2, 0.25) is 20.0 Å². The molecule has 0 atom stereocenters. The third-order valence-corrected chi connectivity index (χ3v) is 5.88. The molecule has 17 heavy (non-hydrogen) atoms. The highest BCUT2D eigenvalue weighted by atomic mass is 32.2. The number of rotatable bonds is 6. The van der Waals surface area contributed by atoms with Crippen LogP contribution in [0, 0.1) is 0 Å². The molecule has 0 fully saturated rings. The summed E-state index contributed by atoms with van der Waals surface area (Å²) in [6.07, 6.45) is 0.761. The van der Waals surface area contributed by atoms with Crippen LogP contribution in [0.4, 0.5) is 0 Å². The highest BCUT2D eigenvalue weighted by Crippen LogP contribution is 2.21. The lowest BCUT2D eigenvalue weighted by Crippen LogP contribution is -2.31. The van der Waals surface area contributed by atoms with Crippen LogP contribution in [-0.4, -0.2) is 29.1 Å². The molecule has 0 saturated heterocycles. The smallest absolute Gasteiger partial charge is 0.229 e. The van der Waals surface area contributed by atoms with Crippen molar-refractivity contribution in [2.24, 2.45) is 5.14 Å². The molecule has 0 aliphatic heterocycles. The summed E-state index contributed by atoms with van der Waals surface area (Å²) in [6, 6.07) is 3.24. The van der Waals surface area contributed by atoms with Crippen LogP contribution in [0.5, 0.6) is 0 Å². The standard InChI is InChI=1S/C8H14N2O4S3/c1-2-7-3-4-8(15-7)17(13,14)10-5-6-16(9,11)12/h3-4,10H,2,5-6H2,1H3,(H2,9,11,12). The van der Waals surface area contributed by atoms with Crippen LogP contribution in [0.3, 0.4) is 0 Å². The first kappa shape index (κ1) is 14.6. The number of nitrogens with one attached hydrogen (secondary N) is 1. The van der Waals surface area contributed by atoms with E-state index in [-0.39, 0.29) is 10.8 Å². The lowest BCUT2D eigenvalue weighted by atomic mass is 10.4. The number of aryl methyl sites for hydroxylation is 1. The first-order chi connectivity index (χ1) is 7.74. The summed E-state index contributed by atoms with van der Waals surface area (Å²) in [7, 11) is -7.28. The maximum Gasteiger partial charge on any atom is 0.250 e. The van der Waals surface area contributed by atoms with E-state index in [1.807, 2.05) is 6.92 Å². The number of nitrogens with two attached hydrogens (primary N) is 1. The van der Waals surface area contributed by atoms with Crippen LogP contribution in [-0.2, 0) is 26.5 Å². The van der Waals surface area contributed by atoms with Crippen LogP contribution in [0.25, 0.3) is 0 Å². The number of hydrogen-bond donors (Lipinski definition) is 2. The lowest BCUT2D eigenvalue weighted by Gasteiger charge is -2.03.